The molecule has 0 bridgehead atoms. The molecule has 0 spiro atoms. The van der Waals surface area contributed by atoms with Gasteiger partial charge in [-0.1, -0.05) is 0 Å². The van der Waals surface area contributed by atoms with Gasteiger partial charge in [0.25, 0.3) is 0 Å². The standard InChI is InChI=1S/C11H18N2OS/c1-7-5-10(9(3)15-7)8(2)13-11(14)6-12-4/h5,8,12H,6H2,1-4H3,(H,13,14). The van der Waals surface area contributed by atoms with Crippen LogP contribution in [0.4, 0.5) is 0 Å². The maximum absolute atomic E-state index is 11.4. The molecule has 1 unspecified atom stereocenters. The second-order valence-corrected chi connectivity index (χ2v) is 5.15. The van der Waals surface area contributed by atoms with E-state index in [0.29, 0.717) is 6.54 Å². The van der Waals surface area contributed by atoms with Crippen molar-refractivity contribution in [3.8, 4) is 0 Å². The fraction of sp³-hybridized carbons (Fsp3) is 0.545. The topological polar surface area (TPSA) is 41.1 Å². The highest BCUT2D eigenvalue weighted by Gasteiger charge is 2.12. The monoisotopic (exact) mass is 226 g/mol. The van der Waals surface area contributed by atoms with Gasteiger partial charge in [0.1, 0.15) is 0 Å². The third-order valence-corrected chi connectivity index (χ3v) is 3.24. The van der Waals surface area contributed by atoms with Crippen LogP contribution in [0.3, 0.4) is 0 Å². The summed E-state index contributed by atoms with van der Waals surface area (Å²) in [5.41, 5.74) is 1.22. The number of aryl methyl sites for hydroxylation is 2. The molecule has 4 heteroatoms. The Morgan fingerprint density at radius 3 is 2.67 bits per heavy atom. The Labute approximate surface area is 94.9 Å². The minimum Gasteiger partial charge on any atom is -0.348 e. The quantitative estimate of drug-likeness (QED) is 0.821. The first-order valence-corrected chi connectivity index (χ1v) is 5.87. The van der Waals surface area contributed by atoms with E-state index in [1.54, 1.807) is 18.4 Å². The maximum atomic E-state index is 11.4. The molecule has 0 saturated heterocycles. The van der Waals surface area contributed by atoms with Crippen LogP contribution in [0.25, 0.3) is 0 Å². The summed E-state index contributed by atoms with van der Waals surface area (Å²) in [7, 11) is 1.77. The molecule has 1 heterocycles. The van der Waals surface area contributed by atoms with E-state index in [1.165, 1.54) is 15.3 Å². The largest absolute Gasteiger partial charge is 0.348 e. The molecule has 1 aromatic heterocycles. The van der Waals surface area contributed by atoms with Gasteiger partial charge in [-0.25, -0.2) is 0 Å². The number of carbonyl (C=O) groups excluding carboxylic acids is 1. The number of hydrogen-bond donors (Lipinski definition) is 2. The minimum absolute atomic E-state index is 0.0354. The number of hydrogen-bond acceptors (Lipinski definition) is 3. The predicted molar refractivity (Wildman–Crippen MR) is 64.3 cm³/mol. The van der Waals surface area contributed by atoms with E-state index in [-0.39, 0.29) is 11.9 Å². The van der Waals surface area contributed by atoms with Crippen LogP contribution in [-0.2, 0) is 4.79 Å². The van der Waals surface area contributed by atoms with E-state index in [9.17, 15) is 4.79 Å². The van der Waals surface area contributed by atoms with Gasteiger partial charge in [-0.3, -0.25) is 4.79 Å². The Morgan fingerprint density at radius 2 is 2.20 bits per heavy atom. The second kappa shape index (κ2) is 5.28. The van der Waals surface area contributed by atoms with Crippen molar-refractivity contribution in [2.45, 2.75) is 26.8 Å². The van der Waals surface area contributed by atoms with Crippen molar-refractivity contribution in [2.75, 3.05) is 13.6 Å². The summed E-state index contributed by atoms with van der Waals surface area (Å²) in [6.45, 7) is 6.56. The fourth-order valence-electron chi connectivity index (χ4n) is 1.61. The smallest absolute Gasteiger partial charge is 0.234 e. The molecule has 1 aromatic rings. The summed E-state index contributed by atoms with van der Waals surface area (Å²) >= 11 is 1.77. The molecule has 84 valence electrons. The zero-order valence-corrected chi connectivity index (χ0v) is 10.5. The lowest BCUT2D eigenvalue weighted by Crippen LogP contribution is -2.33. The number of thiophene rings is 1. The van der Waals surface area contributed by atoms with Crippen LogP contribution in [0.1, 0.15) is 28.3 Å². The highest BCUT2D eigenvalue weighted by molar-refractivity contribution is 7.12. The van der Waals surface area contributed by atoms with Crippen LogP contribution in [-0.4, -0.2) is 19.5 Å². The minimum atomic E-state index is 0.0354. The molecule has 0 saturated carbocycles. The second-order valence-electron chi connectivity index (χ2n) is 3.69. The van der Waals surface area contributed by atoms with E-state index in [1.807, 2.05) is 6.92 Å². The molecule has 0 aliphatic carbocycles. The zero-order valence-electron chi connectivity index (χ0n) is 9.68. The normalized spacial score (nSPS) is 12.5. The molecule has 15 heavy (non-hydrogen) atoms. The highest BCUT2D eigenvalue weighted by atomic mass is 32.1. The molecule has 0 aliphatic heterocycles. The molecule has 1 amide bonds. The third-order valence-electron chi connectivity index (χ3n) is 2.26. The maximum Gasteiger partial charge on any atom is 0.234 e. The summed E-state index contributed by atoms with van der Waals surface area (Å²) in [6, 6.07) is 2.24. The van der Waals surface area contributed by atoms with Crippen molar-refractivity contribution in [3.05, 3.63) is 21.4 Å². The Hall–Kier alpha value is -0.870. The SMILES string of the molecule is CNCC(=O)NC(C)c1cc(C)sc1C. The Balaban J connectivity index is 2.64. The van der Waals surface area contributed by atoms with Crippen LogP contribution in [0, 0.1) is 13.8 Å². The van der Waals surface area contributed by atoms with Crippen LogP contribution in [0.5, 0.6) is 0 Å². The van der Waals surface area contributed by atoms with Gasteiger partial charge in [0.2, 0.25) is 5.91 Å². The molecular weight excluding hydrogens is 208 g/mol. The van der Waals surface area contributed by atoms with Crippen molar-refractivity contribution in [1.29, 1.82) is 0 Å². The van der Waals surface area contributed by atoms with Crippen molar-refractivity contribution in [3.63, 3.8) is 0 Å². The van der Waals surface area contributed by atoms with Crippen molar-refractivity contribution < 1.29 is 4.79 Å². The van der Waals surface area contributed by atoms with Crippen molar-refractivity contribution >= 4 is 17.2 Å². The van der Waals surface area contributed by atoms with E-state index in [2.05, 4.69) is 30.5 Å². The highest BCUT2D eigenvalue weighted by Crippen LogP contribution is 2.25. The van der Waals surface area contributed by atoms with Crippen LogP contribution in [0.2, 0.25) is 0 Å². The molecule has 3 nitrogen and oxygen atoms in total. The van der Waals surface area contributed by atoms with Gasteiger partial charge in [0.05, 0.1) is 12.6 Å². The average molecular weight is 226 g/mol. The van der Waals surface area contributed by atoms with E-state index < -0.39 is 0 Å². The van der Waals surface area contributed by atoms with Gasteiger partial charge < -0.3 is 10.6 Å². The third kappa shape index (κ3) is 3.32. The Kier molecular flexibility index (Phi) is 4.29. The van der Waals surface area contributed by atoms with Crippen LogP contribution in [0.15, 0.2) is 6.07 Å². The lowest BCUT2D eigenvalue weighted by Gasteiger charge is -2.13. The number of nitrogens with one attached hydrogen (secondary N) is 2. The van der Waals surface area contributed by atoms with Crippen molar-refractivity contribution in [2.24, 2.45) is 0 Å². The number of amides is 1. The molecule has 0 aromatic carbocycles. The van der Waals surface area contributed by atoms with Crippen molar-refractivity contribution in [1.82, 2.24) is 10.6 Å². The molecule has 1 rings (SSSR count). The lowest BCUT2D eigenvalue weighted by molar-refractivity contribution is -0.120. The molecule has 0 aliphatic rings. The molecule has 2 N–H and O–H groups in total. The van der Waals surface area contributed by atoms with E-state index in [0.717, 1.165) is 0 Å². The first kappa shape index (κ1) is 12.2. The fourth-order valence-corrected chi connectivity index (χ4v) is 2.63. The Morgan fingerprint density at radius 1 is 1.53 bits per heavy atom. The van der Waals surface area contributed by atoms with Crippen LogP contribution >= 0.6 is 11.3 Å². The number of likely N-dealkylation sites (N-methyl/N-ethyl adjacent to an activating group) is 1. The van der Waals surface area contributed by atoms with Gasteiger partial charge in [0, 0.05) is 9.75 Å². The first-order valence-electron chi connectivity index (χ1n) is 5.05. The molecule has 0 radical (unpaired) electrons. The number of carbonyl (C=O) groups is 1. The summed E-state index contributed by atoms with van der Waals surface area (Å²) in [5.74, 6) is 0.0354. The summed E-state index contributed by atoms with van der Waals surface area (Å²) in [4.78, 5) is 13.9. The lowest BCUT2D eigenvalue weighted by atomic mass is 10.1. The summed E-state index contributed by atoms with van der Waals surface area (Å²) in [5, 5.41) is 5.79. The first-order chi connectivity index (χ1) is 7.04. The van der Waals surface area contributed by atoms with Gasteiger partial charge in [-0.2, -0.15) is 0 Å². The predicted octanol–water partition coefficient (Wildman–Crippen LogP) is 1.76. The van der Waals surface area contributed by atoms with E-state index in [4.69, 9.17) is 0 Å². The molecular formula is C11H18N2OS. The Bertz CT molecular complexity index is 346. The van der Waals surface area contributed by atoms with Gasteiger partial charge in [-0.15, -0.1) is 11.3 Å². The van der Waals surface area contributed by atoms with Gasteiger partial charge in [0.15, 0.2) is 0 Å². The average Bonchev–Trinajstić information content (AvgIpc) is 2.45. The van der Waals surface area contributed by atoms with E-state index >= 15 is 0 Å². The summed E-state index contributed by atoms with van der Waals surface area (Å²) < 4.78 is 0. The molecule has 0 fully saturated rings. The van der Waals surface area contributed by atoms with Crippen LogP contribution < -0.4 is 10.6 Å². The van der Waals surface area contributed by atoms with Gasteiger partial charge in [-0.05, 0) is 39.4 Å². The summed E-state index contributed by atoms with van der Waals surface area (Å²) in [6.07, 6.45) is 0. The zero-order chi connectivity index (χ0) is 11.4. The van der Waals surface area contributed by atoms with Gasteiger partial charge >= 0.3 is 0 Å². The number of rotatable bonds is 4. The molecule has 1 atom stereocenters.